The highest BCUT2D eigenvalue weighted by Gasteiger charge is 2.31. The Balaban J connectivity index is 1.94. The smallest absolute Gasteiger partial charge is 0.185 e. The molecule has 0 aliphatic carbocycles. The Kier molecular flexibility index (Phi) is 4.24. The predicted octanol–water partition coefficient (Wildman–Crippen LogP) is 0.0769. The van der Waals surface area contributed by atoms with Gasteiger partial charge in [0, 0.05) is 25.6 Å². The first-order chi connectivity index (χ1) is 8.97. The van der Waals surface area contributed by atoms with Crippen molar-refractivity contribution >= 4 is 5.78 Å². The minimum Gasteiger partial charge on any atom is -0.389 e. The average molecular weight is 268 g/mol. The number of Topliss-reactive ketones (excluding diaryl/α,β-unsaturated/α-hetero) is 1. The third kappa shape index (κ3) is 3.34. The summed E-state index contributed by atoms with van der Waals surface area (Å²) in [6.07, 6.45) is -0.499. The fourth-order valence-electron chi connectivity index (χ4n) is 2.24. The van der Waals surface area contributed by atoms with Gasteiger partial charge in [-0.1, -0.05) is 6.92 Å². The number of carbonyl (C=O) groups excluding carboxylic acids is 1. The summed E-state index contributed by atoms with van der Waals surface area (Å²) in [4.78, 5) is 17.7. The van der Waals surface area contributed by atoms with Crippen LogP contribution in [0.15, 0.2) is 18.3 Å². The molecule has 1 aliphatic rings. The summed E-state index contributed by atoms with van der Waals surface area (Å²) < 4.78 is 12.7. The van der Waals surface area contributed by atoms with Crippen molar-refractivity contribution in [1.29, 1.82) is 0 Å². The first-order valence-corrected chi connectivity index (χ1v) is 6.21. The van der Waals surface area contributed by atoms with Crippen molar-refractivity contribution in [3.8, 4) is 0 Å². The molecule has 1 aromatic rings. The molecular weight excluding hydrogens is 251 g/mol. The lowest BCUT2D eigenvalue weighted by molar-refractivity contribution is 0.0572. The number of carbonyl (C=O) groups is 1. The van der Waals surface area contributed by atoms with Gasteiger partial charge >= 0.3 is 0 Å². The number of rotatable bonds is 4. The van der Waals surface area contributed by atoms with Crippen LogP contribution in [0.5, 0.6) is 0 Å². The molecule has 1 saturated heterocycles. The minimum absolute atomic E-state index is 0.170. The van der Waals surface area contributed by atoms with Gasteiger partial charge in [-0.2, -0.15) is 0 Å². The van der Waals surface area contributed by atoms with E-state index < -0.39 is 18.0 Å². The molecule has 6 heteroatoms. The first-order valence-electron chi connectivity index (χ1n) is 6.21. The number of halogens is 1. The van der Waals surface area contributed by atoms with Crippen LogP contribution in [-0.2, 0) is 0 Å². The highest BCUT2D eigenvalue weighted by molar-refractivity contribution is 5.95. The zero-order chi connectivity index (χ0) is 14.0. The molecule has 1 aromatic heterocycles. The zero-order valence-electron chi connectivity index (χ0n) is 10.7. The van der Waals surface area contributed by atoms with Crippen molar-refractivity contribution < 1.29 is 19.4 Å². The van der Waals surface area contributed by atoms with Gasteiger partial charge in [-0.05, 0) is 12.1 Å². The van der Waals surface area contributed by atoms with Crippen LogP contribution in [-0.4, -0.2) is 57.7 Å². The van der Waals surface area contributed by atoms with Crippen molar-refractivity contribution in [2.45, 2.75) is 19.1 Å². The fourth-order valence-corrected chi connectivity index (χ4v) is 2.24. The lowest BCUT2D eigenvalue weighted by Crippen LogP contribution is -2.31. The maximum absolute atomic E-state index is 12.7. The molecule has 1 aliphatic heterocycles. The Morgan fingerprint density at radius 3 is 2.63 bits per heavy atom. The van der Waals surface area contributed by atoms with Crippen LogP contribution >= 0.6 is 0 Å². The van der Waals surface area contributed by atoms with Crippen LogP contribution in [0.25, 0.3) is 0 Å². The van der Waals surface area contributed by atoms with E-state index in [0.717, 1.165) is 6.20 Å². The highest BCUT2D eigenvalue weighted by Crippen LogP contribution is 2.14. The molecule has 2 N–H and O–H groups in total. The largest absolute Gasteiger partial charge is 0.389 e. The van der Waals surface area contributed by atoms with E-state index >= 15 is 0 Å². The van der Waals surface area contributed by atoms with Crippen molar-refractivity contribution in [3.63, 3.8) is 0 Å². The van der Waals surface area contributed by atoms with Crippen molar-refractivity contribution in [1.82, 2.24) is 9.88 Å². The van der Waals surface area contributed by atoms with Gasteiger partial charge in [-0.3, -0.25) is 14.7 Å². The van der Waals surface area contributed by atoms with Crippen LogP contribution < -0.4 is 0 Å². The van der Waals surface area contributed by atoms with Crippen LogP contribution in [0.3, 0.4) is 0 Å². The molecule has 0 bridgehead atoms. The maximum Gasteiger partial charge on any atom is 0.185 e. The van der Waals surface area contributed by atoms with Crippen LogP contribution in [0, 0.1) is 11.7 Å². The van der Waals surface area contributed by atoms with E-state index in [9.17, 15) is 19.4 Å². The van der Waals surface area contributed by atoms with Gasteiger partial charge in [0.25, 0.3) is 0 Å². The molecular formula is C13H17FN2O3. The molecule has 5 nitrogen and oxygen atoms in total. The van der Waals surface area contributed by atoms with Gasteiger partial charge in [0.15, 0.2) is 5.78 Å². The molecule has 1 fully saturated rings. The van der Waals surface area contributed by atoms with E-state index in [1.54, 1.807) is 6.92 Å². The van der Waals surface area contributed by atoms with Gasteiger partial charge in [-0.15, -0.1) is 0 Å². The Hall–Kier alpha value is -1.37. The molecule has 2 rings (SSSR count). The lowest BCUT2D eigenvalue weighted by Gasteiger charge is -2.19. The topological polar surface area (TPSA) is 73.7 Å². The van der Waals surface area contributed by atoms with Crippen molar-refractivity contribution in [3.05, 3.63) is 29.8 Å². The van der Waals surface area contributed by atoms with Crippen molar-refractivity contribution in [2.24, 2.45) is 5.92 Å². The van der Waals surface area contributed by atoms with Gasteiger partial charge in [0.2, 0.25) is 0 Å². The monoisotopic (exact) mass is 268 g/mol. The van der Waals surface area contributed by atoms with E-state index in [1.165, 1.54) is 12.1 Å². The second kappa shape index (κ2) is 5.73. The summed E-state index contributed by atoms with van der Waals surface area (Å²) in [6, 6.07) is 2.57. The molecule has 0 saturated carbocycles. The Morgan fingerprint density at radius 1 is 1.47 bits per heavy atom. The normalized spacial score (nSPS) is 25.5. The quantitative estimate of drug-likeness (QED) is 0.756. The number of hydrogen-bond donors (Lipinski definition) is 2. The van der Waals surface area contributed by atoms with Gasteiger partial charge in [0.05, 0.1) is 18.4 Å². The third-order valence-corrected chi connectivity index (χ3v) is 3.29. The molecule has 19 heavy (non-hydrogen) atoms. The van der Waals surface area contributed by atoms with Gasteiger partial charge in [-0.25, -0.2) is 4.39 Å². The molecule has 0 aromatic carbocycles. The highest BCUT2D eigenvalue weighted by atomic mass is 19.1. The lowest BCUT2D eigenvalue weighted by atomic mass is 10.0. The molecule has 0 spiro atoms. The van der Waals surface area contributed by atoms with Crippen LogP contribution in [0.1, 0.15) is 17.4 Å². The molecule has 3 unspecified atom stereocenters. The Morgan fingerprint density at radius 2 is 2.11 bits per heavy atom. The Bertz CT molecular complexity index is 442. The average Bonchev–Trinajstić information content (AvgIpc) is 2.68. The van der Waals surface area contributed by atoms with E-state index in [0.29, 0.717) is 19.6 Å². The van der Waals surface area contributed by atoms with E-state index in [-0.39, 0.29) is 17.4 Å². The number of pyridine rings is 1. The number of aromatic nitrogens is 1. The number of ketones is 1. The number of nitrogens with zero attached hydrogens (tertiary/aromatic N) is 2. The number of aliphatic hydroxyl groups is 2. The number of β-amino-alcohol motifs (C(OH)–C–C–N with tert-alkyl or cyclic N) is 2. The van der Waals surface area contributed by atoms with Crippen molar-refractivity contribution in [2.75, 3.05) is 19.6 Å². The summed E-state index contributed by atoms with van der Waals surface area (Å²) in [7, 11) is 0. The van der Waals surface area contributed by atoms with Crippen LogP contribution in [0.4, 0.5) is 4.39 Å². The number of hydrogen-bond acceptors (Lipinski definition) is 5. The summed E-state index contributed by atoms with van der Waals surface area (Å²) in [5, 5.41) is 18.9. The third-order valence-electron chi connectivity index (χ3n) is 3.29. The summed E-state index contributed by atoms with van der Waals surface area (Å²) >= 11 is 0. The van der Waals surface area contributed by atoms with E-state index in [1.807, 2.05) is 4.90 Å². The second-order valence-corrected chi connectivity index (χ2v) is 4.98. The summed E-state index contributed by atoms with van der Waals surface area (Å²) in [5.41, 5.74) is 0.231. The van der Waals surface area contributed by atoms with Gasteiger partial charge in [0.1, 0.15) is 11.5 Å². The molecule has 0 radical (unpaired) electrons. The second-order valence-electron chi connectivity index (χ2n) is 4.98. The van der Waals surface area contributed by atoms with E-state index in [4.69, 9.17) is 0 Å². The molecule has 0 amide bonds. The standard InChI is InChI=1S/C13H17FN2O3/c1-8(5-16-6-11(17)12(18)7-16)13(19)10-3-2-9(14)4-15-10/h2-4,8,11-12,17-18H,5-7H2,1H3. The fraction of sp³-hybridized carbons (Fsp3) is 0.538. The molecule has 2 heterocycles. The minimum atomic E-state index is -0.758. The summed E-state index contributed by atoms with van der Waals surface area (Å²) in [5.74, 6) is -0.971. The number of likely N-dealkylation sites (tertiary alicyclic amines) is 1. The SMILES string of the molecule is CC(CN1CC(O)C(O)C1)C(=O)c1ccc(F)cn1. The van der Waals surface area contributed by atoms with E-state index in [2.05, 4.69) is 4.98 Å². The first kappa shape index (κ1) is 14.0. The molecule has 104 valence electrons. The predicted molar refractivity (Wildman–Crippen MR) is 66.1 cm³/mol. The maximum atomic E-state index is 12.7. The van der Waals surface area contributed by atoms with Crippen LogP contribution in [0.2, 0.25) is 0 Å². The number of aliphatic hydroxyl groups excluding tert-OH is 2. The molecule has 3 atom stereocenters. The van der Waals surface area contributed by atoms with Gasteiger partial charge < -0.3 is 10.2 Å². The summed E-state index contributed by atoms with van der Waals surface area (Å²) in [6.45, 7) is 2.90. The Labute approximate surface area is 110 Å². The zero-order valence-corrected chi connectivity index (χ0v) is 10.7.